The fourth-order valence-electron chi connectivity index (χ4n) is 2.42. The number of rotatable bonds is 4. The molecule has 0 N–H and O–H groups in total. The van der Waals surface area contributed by atoms with E-state index < -0.39 is 16.0 Å². The summed E-state index contributed by atoms with van der Waals surface area (Å²) in [7, 11) is -2.48. The van der Waals surface area contributed by atoms with E-state index in [1.807, 2.05) is 6.92 Å². The lowest BCUT2D eigenvalue weighted by Gasteiger charge is -2.33. The van der Waals surface area contributed by atoms with Crippen molar-refractivity contribution in [2.24, 2.45) is 0 Å². The zero-order chi connectivity index (χ0) is 16.3. The summed E-state index contributed by atoms with van der Waals surface area (Å²) < 4.78 is 32.4. The van der Waals surface area contributed by atoms with Crippen LogP contribution in [0.4, 0.5) is 0 Å². The van der Waals surface area contributed by atoms with Crippen LogP contribution in [0.25, 0.3) is 0 Å². The molecule has 0 aliphatic carbocycles. The second-order valence-corrected chi connectivity index (χ2v) is 7.79. The Morgan fingerprint density at radius 1 is 1.27 bits per heavy atom. The third-order valence-corrected chi connectivity index (χ3v) is 6.19. The van der Waals surface area contributed by atoms with Gasteiger partial charge in [0.15, 0.2) is 0 Å². The Morgan fingerprint density at radius 2 is 1.91 bits per heavy atom. The molecule has 22 heavy (non-hydrogen) atoms. The van der Waals surface area contributed by atoms with Crippen molar-refractivity contribution in [3.05, 3.63) is 28.2 Å². The number of hydrogen-bond acceptors (Lipinski definition) is 5. The molecule has 0 spiro atoms. The molecular weight excluding hydrogens is 372 g/mol. The predicted octanol–water partition coefficient (Wildman–Crippen LogP) is 1.56. The van der Waals surface area contributed by atoms with Gasteiger partial charge in [-0.3, -0.25) is 0 Å². The van der Waals surface area contributed by atoms with Gasteiger partial charge in [0.25, 0.3) is 0 Å². The smallest absolute Gasteiger partial charge is 0.339 e. The molecule has 6 nitrogen and oxygen atoms in total. The van der Waals surface area contributed by atoms with Crippen LogP contribution < -0.4 is 0 Å². The second kappa shape index (κ2) is 7.08. The van der Waals surface area contributed by atoms with E-state index in [9.17, 15) is 13.2 Å². The fourth-order valence-corrected chi connectivity index (χ4v) is 4.37. The van der Waals surface area contributed by atoms with E-state index in [2.05, 4.69) is 20.8 Å². The molecule has 8 heteroatoms. The summed E-state index contributed by atoms with van der Waals surface area (Å²) in [4.78, 5) is 14.1. The first-order valence-corrected chi connectivity index (χ1v) is 9.23. The minimum atomic E-state index is -3.71. The molecule has 0 atom stereocenters. The number of piperazine rings is 1. The standard InChI is InChI=1S/C14H19BrN2O4S/c1-3-16-6-8-17(9-7-16)22(19,20)13-5-4-11(15)10-12(13)14(18)21-2/h4-5,10H,3,6-9H2,1-2H3. The van der Waals surface area contributed by atoms with Gasteiger partial charge in [0.1, 0.15) is 0 Å². The summed E-state index contributed by atoms with van der Waals surface area (Å²) in [5, 5.41) is 0. The molecule has 0 unspecified atom stereocenters. The summed E-state index contributed by atoms with van der Waals surface area (Å²) in [6.45, 7) is 5.19. The van der Waals surface area contributed by atoms with Crippen molar-refractivity contribution in [2.75, 3.05) is 39.8 Å². The Bertz CT molecular complexity index is 655. The number of carbonyl (C=O) groups excluding carboxylic acids is 1. The van der Waals surface area contributed by atoms with E-state index in [0.29, 0.717) is 30.7 Å². The Balaban J connectivity index is 2.36. The number of carbonyl (C=O) groups is 1. The quantitative estimate of drug-likeness (QED) is 0.729. The molecule has 1 aromatic carbocycles. The molecule has 1 aromatic rings. The van der Waals surface area contributed by atoms with Gasteiger partial charge < -0.3 is 9.64 Å². The third kappa shape index (κ3) is 3.51. The van der Waals surface area contributed by atoms with Crippen LogP contribution in [0.5, 0.6) is 0 Å². The van der Waals surface area contributed by atoms with Crippen molar-refractivity contribution in [3.63, 3.8) is 0 Å². The SMILES string of the molecule is CCN1CCN(S(=O)(=O)c2ccc(Br)cc2C(=O)OC)CC1. The van der Waals surface area contributed by atoms with Crippen LogP contribution in [0.3, 0.4) is 0 Å². The Morgan fingerprint density at radius 3 is 2.45 bits per heavy atom. The zero-order valence-electron chi connectivity index (χ0n) is 12.6. The topological polar surface area (TPSA) is 66.9 Å². The maximum atomic E-state index is 12.8. The first-order chi connectivity index (χ1) is 10.4. The summed E-state index contributed by atoms with van der Waals surface area (Å²) >= 11 is 3.25. The van der Waals surface area contributed by atoms with Gasteiger partial charge in [-0.2, -0.15) is 4.31 Å². The van der Waals surface area contributed by atoms with E-state index in [1.54, 1.807) is 6.07 Å². The molecule has 0 amide bonds. The van der Waals surface area contributed by atoms with Crippen LogP contribution in [0, 0.1) is 0 Å². The molecule has 122 valence electrons. The maximum Gasteiger partial charge on any atom is 0.339 e. The van der Waals surface area contributed by atoms with E-state index in [1.165, 1.54) is 23.5 Å². The van der Waals surface area contributed by atoms with Gasteiger partial charge in [0.05, 0.1) is 17.6 Å². The monoisotopic (exact) mass is 390 g/mol. The summed E-state index contributed by atoms with van der Waals surface area (Å²) in [5.41, 5.74) is 0.0507. The molecule has 0 bridgehead atoms. The molecule has 0 radical (unpaired) electrons. The normalized spacial score (nSPS) is 17.4. The molecular formula is C14H19BrN2O4S. The molecule has 1 fully saturated rings. The van der Waals surface area contributed by atoms with Crippen molar-refractivity contribution >= 4 is 31.9 Å². The van der Waals surface area contributed by atoms with Crippen molar-refractivity contribution in [1.29, 1.82) is 0 Å². The van der Waals surface area contributed by atoms with Crippen LogP contribution in [-0.4, -0.2) is 63.4 Å². The average molecular weight is 391 g/mol. The summed E-state index contributed by atoms with van der Waals surface area (Å²) in [6.07, 6.45) is 0. The highest BCUT2D eigenvalue weighted by atomic mass is 79.9. The number of esters is 1. The first-order valence-electron chi connectivity index (χ1n) is 7.00. The number of methoxy groups -OCH3 is 1. The van der Waals surface area contributed by atoms with Crippen molar-refractivity contribution < 1.29 is 17.9 Å². The van der Waals surface area contributed by atoms with Gasteiger partial charge in [-0.05, 0) is 24.7 Å². The summed E-state index contributed by atoms with van der Waals surface area (Å²) in [6, 6.07) is 4.53. The molecule has 1 heterocycles. The van der Waals surface area contributed by atoms with Crippen LogP contribution >= 0.6 is 15.9 Å². The van der Waals surface area contributed by atoms with Crippen LogP contribution in [-0.2, 0) is 14.8 Å². The highest BCUT2D eigenvalue weighted by molar-refractivity contribution is 9.10. The van der Waals surface area contributed by atoms with Crippen LogP contribution in [0.1, 0.15) is 17.3 Å². The number of benzene rings is 1. The van der Waals surface area contributed by atoms with Crippen LogP contribution in [0.15, 0.2) is 27.6 Å². The number of halogens is 1. The van der Waals surface area contributed by atoms with Gasteiger partial charge in [-0.15, -0.1) is 0 Å². The minimum Gasteiger partial charge on any atom is -0.465 e. The van der Waals surface area contributed by atoms with Gasteiger partial charge in [-0.1, -0.05) is 22.9 Å². The molecule has 1 saturated heterocycles. The van der Waals surface area contributed by atoms with Crippen LogP contribution in [0.2, 0.25) is 0 Å². The zero-order valence-corrected chi connectivity index (χ0v) is 15.0. The highest BCUT2D eigenvalue weighted by Gasteiger charge is 2.31. The first kappa shape index (κ1) is 17.4. The lowest BCUT2D eigenvalue weighted by molar-refractivity contribution is 0.0596. The number of sulfonamides is 1. The highest BCUT2D eigenvalue weighted by Crippen LogP contribution is 2.25. The molecule has 2 rings (SSSR count). The molecule has 1 aliphatic rings. The molecule has 0 saturated carbocycles. The van der Waals surface area contributed by atoms with E-state index >= 15 is 0 Å². The van der Waals surface area contributed by atoms with Gasteiger partial charge in [0, 0.05) is 30.7 Å². The minimum absolute atomic E-state index is 0.00695. The number of likely N-dealkylation sites (N-methyl/N-ethyl adjacent to an activating group) is 1. The fraction of sp³-hybridized carbons (Fsp3) is 0.500. The average Bonchev–Trinajstić information content (AvgIpc) is 2.53. The lowest BCUT2D eigenvalue weighted by atomic mass is 10.2. The molecule has 1 aliphatic heterocycles. The largest absolute Gasteiger partial charge is 0.465 e. The van der Waals surface area contributed by atoms with Gasteiger partial charge in [-0.25, -0.2) is 13.2 Å². The molecule has 0 aromatic heterocycles. The lowest BCUT2D eigenvalue weighted by Crippen LogP contribution is -2.48. The Labute approximate surface area is 139 Å². The van der Waals surface area contributed by atoms with E-state index in [0.717, 1.165) is 6.54 Å². The Kier molecular flexibility index (Phi) is 5.60. The van der Waals surface area contributed by atoms with Crippen molar-refractivity contribution in [1.82, 2.24) is 9.21 Å². The number of hydrogen-bond donors (Lipinski definition) is 0. The maximum absolute atomic E-state index is 12.8. The number of ether oxygens (including phenoxy) is 1. The van der Waals surface area contributed by atoms with Gasteiger partial charge >= 0.3 is 5.97 Å². The third-order valence-electron chi connectivity index (χ3n) is 3.74. The Hall–Kier alpha value is -0.960. The second-order valence-electron chi connectivity index (χ2n) is 4.97. The van der Waals surface area contributed by atoms with Crippen molar-refractivity contribution in [2.45, 2.75) is 11.8 Å². The van der Waals surface area contributed by atoms with Gasteiger partial charge in [0.2, 0.25) is 10.0 Å². The van der Waals surface area contributed by atoms with E-state index in [-0.39, 0.29) is 10.5 Å². The van der Waals surface area contributed by atoms with E-state index in [4.69, 9.17) is 4.74 Å². The predicted molar refractivity (Wildman–Crippen MR) is 86.4 cm³/mol. The van der Waals surface area contributed by atoms with Crippen molar-refractivity contribution in [3.8, 4) is 0 Å². The summed E-state index contributed by atoms with van der Waals surface area (Å²) in [5.74, 6) is -0.660. The number of nitrogens with zero attached hydrogens (tertiary/aromatic N) is 2.